The lowest BCUT2D eigenvalue weighted by Crippen LogP contribution is -2.32. The van der Waals surface area contributed by atoms with E-state index in [2.05, 4.69) is 31.8 Å². The average Bonchev–Trinajstić information content (AvgIpc) is 3.06. The number of halogens is 1. The molecule has 0 amide bonds. The fraction of sp³-hybridized carbons (Fsp3) is 0.261. The van der Waals surface area contributed by atoms with Crippen LogP contribution in [0.3, 0.4) is 0 Å². The van der Waals surface area contributed by atoms with Gasteiger partial charge in [0, 0.05) is 11.8 Å². The molecule has 0 fully saturated rings. The summed E-state index contributed by atoms with van der Waals surface area (Å²) < 4.78 is 12.0. The van der Waals surface area contributed by atoms with Gasteiger partial charge in [0.2, 0.25) is 5.88 Å². The van der Waals surface area contributed by atoms with Gasteiger partial charge in [-0.05, 0) is 35.7 Å². The normalized spacial score (nSPS) is 15.8. The molecular weight excluding hydrogens is 418 g/mol. The van der Waals surface area contributed by atoms with Crippen LogP contribution in [-0.4, -0.2) is 17.6 Å². The zero-order chi connectivity index (χ0) is 21.5. The lowest BCUT2D eigenvalue weighted by atomic mass is 9.86. The smallest absolute Gasteiger partial charge is 0.243 e. The van der Waals surface area contributed by atoms with Crippen LogP contribution in [0.2, 0.25) is 5.02 Å². The van der Waals surface area contributed by atoms with Gasteiger partial charge in [-0.25, -0.2) is 4.98 Å². The Morgan fingerprint density at radius 2 is 1.83 bits per heavy atom. The van der Waals surface area contributed by atoms with Crippen molar-refractivity contribution >= 4 is 34.7 Å². The summed E-state index contributed by atoms with van der Waals surface area (Å²) in [4.78, 5) is 7.37. The van der Waals surface area contributed by atoms with Crippen LogP contribution in [-0.2, 0) is 5.41 Å². The Labute approximate surface area is 186 Å². The van der Waals surface area contributed by atoms with Gasteiger partial charge in [0.05, 0.1) is 17.0 Å². The Kier molecular flexibility index (Phi) is 5.57. The molecule has 4 rings (SSSR count). The summed E-state index contributed by atoms with van der Waals surface area (Å²) in [5.41, 5.74) is 8.72. The van der Waals surface area contributed by atoms with Gasteiger partial charge in [0.15, 0.2) is 0 Å². The first-order chi connectivity index (χ1) is 14.3. The summed E-state index contributed by atoms with van der Waals surface area (Å²) in [6.07, 6.45) is 1.71. The van der Waals surface area contributed by atoms with E-state index in [4.69, 9.17) is 26.8 Å². The number of hydrogen-bond acceptors (Lipinski definition) is 6. The summed E-state index contributed by atoms with van der Waals surface area (Å²) in [6.45, 7) is 6.47. The number of anilines is 2. The van der Waals surface area contributed by atoms with Crippen LogP contribution >= 0.6 is 23.4 Å². The number of hydrogen-bond donors (Lipinski definition) is 1. The number of nitrogens with two attached hydrogens (primary N) is 1. The monoisotopic (exact) mass is 441 g/mol. The minimum atomic E-state index is -0.391. The standard InChI is InChI=1S/C23H24ClN3O2S/c1-23(2,3)14-8-5-6-10-17(14)29-21-16(9-7-13-26-21)27-19-18(28-4)12-11-15(24)20(19)30-22(27)25/h5-13,22H,25H2,1-4H3. The topological polar surface area (TPSA) is 60.6 Å². The number of rotatable bonds is 4. The maximum Gasteiger partial charge on any atom is 0.243 e. The fourth-order valence-corrected chi connectivity index (χ4v) is 4.86. The van der Waals surface area contributed by atoms with E-state index in [0.29, 0.717) is 16.7 Å². The van der Waals surface area contributed by atoms with Crippen molar-refractivity contribution in [2.24, 2.45) is 5.73 Å². The van der Waals surface area contributed by atoms with Gasteiger partial charge in [0.1, 0.15) is 28.4 Å². The van der Waals surface area contributed by atoms with E-state index in [-0.39, 0.29) is 5.41 Å². The Hall–Kier alpha value is -2.41. The number of methoxy groups -OCH3 is 1. The zero-order valence-corrected chi connectivity index (χ0v) is 18.9. The van der Waals surface area contributed by atoms with Crippen LogP contribution in [0.5, 0.6) is 17.4 Å². The molecule has 1 aliphatic heterocycles. The van der Waals surface area contributed by atoms with Crippen LogP contribution < -0.4 is 20.1 Å². The highest BCUT2D eigenvalue weighted by Crippen LogP contribution is 2.54. The summed E-state index contributed by atoms with van der Waals surface area (Å²) in [6, 6.07) is 15.5. The number of aromatic nitrogens is 1. The molecule has 2 heterocycles. The first kappa shape index (κ1) is 20.8. The molecule has 3 aromatic rings. The van der Waals surface area contributed by atoms with Crippen LogP contribution in [0.4, 0.5) is 11.4 Å². The number of fused-ring (bicyclic) bond motifs is 1. The highest BCUT2D eigenvalue weighted by molar-refractivity contribution is 8.00. The number of para-hydroxylation sites is 1. The van der Waals surface area contributed by atoms with E-state index in [1.165, 1.54) is 11.8 Å². The van der Waals surface area contributed by atoms with Gasteiger partial charge < -0.3 is 20.1 Å². The molecule has 1 aromatic heterocycles. The third-order valence-electron chi connectivity index (χ3n) is 4.91. The molecule has 0 radical (unpaired) electrons. The summed E-state index contributed by atoms with van der Waals surface area (Å²) in [5, 5.41) is 0.637. The lowest BCUT2D eigenvalue weighted by molar-refractivity contribution is 0.414. The second kappa shape index (κ2) is 8.02. The maximum absolute atomic E-state index is 6.51. The van der Waals surface area contributed by atoms with E-state index in [9.17, 15) is 0 Å². The van der Waals surface area contributed by atoms with E-state index in [1.54, 1.807) is 13.3 Å². The molecule has 1 atom stereocenters. The molecule has 0 spiro atoms. The van der Waals surface area contributed by atoms with Crippen molar-refractivity contribution in [2.75, 3.05) is 12.0 Å². The van der Waals surface area contributed by atoms with Gasteiger partial charge in [-0.2, -0.15) is 0 Å². The Morgan fingerprint density at radius 1 is 1.07 bits per heavy atom. The number of ether oxygens (including phenoxy) is 2. The number of nitrogens with zero attached hydrogens (tertiary/aromatic N) is 2. The quantitative estimate of drug-likeness (QED) is 0.511. The molecule has 1 aliphatic rings. The third-order valence-corrected chi connectivity index (χ3v) is 6.44. The second-order valence-electron chi connectivity index (χ2n) is 7.98. The third kappa shape index (κ3) is 3.71. The summed E-state index contributed by atoms with van der Waals surface area (Å²) in [5.74, 6) is 1.93. The molecule has 5 nitrogen and oxygen atoms in total. The minimum absolute atomic E-state index is 0.0746. The van der Waals surface area contributed by atoms with Gasteiger partial charge in [-0.1, -0.05) is 62.3 Å². The molecule has 156 valence electrons. The molecule has 1 unspecified atom stereocenters. The molecule has 0 saturated heterocycles. The van der Waals surface area contributed by atoms with Crippen LogP contribution in [0, 0.1) is 0 Å². The van der Waals surface area contributed by atoms with Crippen LogP contribution in [0.25, 0.3) is 0 Å². The highest BCUT2D eigenvalue weighted by atomic mass is 35.5. The molecule has 30 heavy (non-hydrogen) atoms. The minimum Gasteiger partial charge on any atom is -0.495 e. The van der Waals surface area contributed by atoms with Gasteiger partial charge in [0.25, 0.3) is 0 Å². The average molecular weight is 442 g/mol. The lowest BCUT2D eigenvalue weighted by Gasteiger charge is -2.27. The van der Waals surface area contributed by atoms with Crippen LogP contribution in [0.1, 0.15) is 26.3 Å². The first-order valence-corrected chi connectivity index (χ1v) is 10.9. The fourth-order valence-electron chi connectivity index (χ4n) is 3.52. The molecule has 2 aromatic carbocycles. The van der Waals surface area contributed by atoms with Crippen molar-refractivity contribution in [2.45, 2.75) is 36.6 Å². The van der Waals surface area contributed by atoms with Crippen molar-refractivity contribution in [3.8, 4) is 17.4 Å². The predicted molar refractivity (Wildman–Crippen MR) is 123 cm³/mol. The summed E-state index contributed by atoms with van der Waals surface area (Å²) in [7, 11) is 1.64. The van der Waals surface area contributed by atoms with E-state index in [1.807, 2.05) is 47.4 Å². The predicted octanol–water partition coefficient (Wildman–Crippen LogP) is 6.32. The van der Waals surface area contributed by atoms with Crippen molar-refractivity contribution in [3.05, 3.63) is 65.3 Å². The molecule has 2 N–H and O–H groups in total. The largest absolute Gasteiger partial charge is 0.495 e. The maximum atomic E-state index is 6.51. The van der Waals surface area contributed by atoms with Crippen molar-refractivity contribution < 1.29 is 9.47 Å². The highest BCUT2D eigenvalue weighted by Gasteiger charge is 2.35. The van der Waals surface area contributed by atoms with Crippen molar-refractivity contribution in [3.63, 3.8) is 0 Å². The van der Waals surface area contributed by atoms with Gasteiger partial charge in [-0.3, -0.25) is 0 Å². The van der Waals surface area contributed by atoms with Crippen LogP contribution in [0.15, 0.2) is 59.6 Å². The van der Waals surface area contributed by atoms with Gasteiger partial charge >= 0.3 is 0 Å². The SMILES string of the molecule is COc1ccc(Cl)c2c1N(c1cccnc1Oc1ccccc1C(C)(C)C)C(N)S2. The van der Waals surface area contributed by atoms with E-state index < -0.39 is 5.50 Å². The zero-order valence-electron chi connectivity index (χ0n) is 17.3. The summed E-state index contributed by atoms with van der Waals surface area (Å²) >= 11 is 7.93. The molecule has 0 bridgehead atoms. The number of benzene rings is 2. The second-order valence-corrected chi connectivity index (χ2v) is 9.52. The Morgan fingerprint density at radius 3 is 2.57 bits per heavy atom. The Bertz CT molecular complexity index is 1080. The van der Waals surface area contributed by atoms with Crippen molar-refractivity contribution in [1.82, 2.24) is 4.98 Å². The van der Waals surface area contributed by atoms with E-state index >= 15 is 0 Å². The first-order valence-electron chi connectivity index (χ1n) is 9.61. The number of pyridine rings is 1. The molecular formula is C23H24ClN3O2S. The Balaban J connectivity index is 1.82. The number of thioether (sulfide) groups is 1. The molecule has 7 heteroatoms. The molecule has 0 saturated carbocycles. The molecule has 0 aliphatic carbocycles. The van der Waals surface area contributed by atoms with Crippen molar-refractivity contribution in [1.29, 1.82) is 0 Å². The van der Waals surface area contributed by atoms with Gasteiger partial charge in [-0.15, -0.1) is 0 Å². The van der Waals surface area contributed by atoms with E-state index in [0.717, 1.165) is 27.6 Å².